The van der Waals surface area contributed by atoms with Crippen molar-refractivity contribution in [1.29, 1.82) is 0 Å². The molecule has 0 aliphatic carbocycles. The number of rotatable bonds is 7. The van der Waals surface area contributed by atoms with E-state index >= 15 is 0 Å². The molecule has 0 radical (unpaired) electrons. The molecule has 2 aromatic rings. The van der Waals surface area contributed by atoms with Gasteiger partial charge in [-0.3, -0.25) is 9.36 Å². The highest BCUT2D eigenvalue weighted by Gasteiger charge is 2.08. The van der Waals surface area contributed by atoms with E-state index in [4.69, 9.17) is 0 Å². The second-order valence-electron chi connectivity index (χ2n) is 4.64. The molecule has 0 aliphatic rings. The Morgan fingerprint density at radius 3 is 3.00 bits per heavy atom. The van der Waals surface area contributed by atoms with Gasteiger partial charge in [0.15, 0.2) is 0 Å². The molecular formula is C13H21N5O. The van der Waals surface area contributed by atoms with Crippen LogP contribution < -0.4 is 5.32 Å². The maximum atomic E-state index is 9.89. The standard InChI is InChI=1S/C13H21N5O/c1-3-13-11(9-17(2)16-13)7-14-8-12(19)10-18-6-4-5-15-18/h4-6,9,12,14,19H,3,7-8,10H2,1-2H3. The fourth-order valence-corrected chi connectivity index (χ4v) is 2.09. The molecule has 0 amide bonds. The van der Waals surface area contributed by atoms with Gasteiger partial charge in [-0.05, 0) is 12.5 Å². The van der Waals surface area contributed by atoms with Gasteiger partial charge in [-0.1, -0.05) is 6.92 Å². The lowest BCUT2D eigenvalue weighted by Crippen LogP contribution is -2.30. The Kier molecular flexibility index (Phi) is 4.70. The molecule has 2 aromatic heterocycles. The first-order valence-corrected chi connectivity index (χ1v) is 6.56. The minimum absolute atomic E-state index is 0.443. The Morgan fingerprint density at radius 2 is 2.32 bits per heavy atom. The Morgan fingerprint density at radius 1 is 1.47 bits per heavy atom. The van der Waals surface area contributed by atoms with E-state index in [0.717, 1.165) is 18.7 Å². The van der Waals surface area contributed by atoms with Gasteiger partial charge in [0.2, 0.25) is 0 Å². The summed E-state index contributed by atoms with van der Waals surface area (Å²) >= 11 is 0. The van der Waals surface area contributed by atoms with Crippen molar-refractivity contribution in [3.05, 3.63) is 35.9 Å². The van der Waals surface area contributed by atoms with Gasteiger partial charge < -0.3 is 10.4 Å². The van der Waals surface area contributed by atoms with Gasteiger partial charge in [0.1, 0.15) is 0 Å². The number of hydrogen-bond acceptors (Lipinski definition) is 4. The predicted molar refractivity (Wildman–Crippen MR) is 72.5 cm³/mol. The van der Waals surface area contributed by atoms with Gasteiger partial charge in [0.25, 0.3) is 0 Å². The normalized spacial score (nSPS) is 12.8. The lowest BCUT2D eigenvalue weighted by molar-refractivity contribution is 0.146. The Hall–Kier alpha value is -1.66. The molecule has 19 heavy (non-hydrogen) atoms. The van der Waals surface area contributed by atoms with Crippen molar-refractivity contribution in [1.82, 2.24) is 24.9 Å². The molecule has 6 nitrogen and oxygen atoms in total. The molecule has 0 bridgehead atoms. The van der Waals surface area contributed by atoms with Gasteiger partial charge in [-0.15, -0.1) is 0 Å². The van der Waals surface area contributed by atoms with E-state index in [1.807, 2.05) is 30.2 Å². The predicted octanol–water partition coefficient (Wildman–Crippen LogP) is 0.330. The lowest BCUT2D eigenvalue weighted by Gasteiger charge is -2.11. The third-order valence-electron chi connectivity index (χ3n) is 2.98. The second-order valence-corrected chi connectivity index (χ2v) is 4.64. The largest absolute Gasteiger partial charge is 0.390 e. The van der Waals surface area contributed by atoms with Crippen LogP contribution in [0.2, 0.25) is 0 Å². The van der Waals surface area contributed by atoms with Crippen LogP contribution in [0.5, 0.6) is 0 Å². The van der Waals surface area contributed by atoms with Crippen LogP contribution in [0.4, 0.5) is 0 Å². The van der Waals surface area contributed by atoms with Gasteiger partial charge in [-0.2, -0.15) is 10.2 Å². The van der Waals surface area contributed by atoms with Crippen LogP contribution in [0, 0.1) is 0 Å². The summed E-state index contributed by atoms with van der Waals surface area (Å²) in [4.78, 5) is 0. The molecule has 2 heterocycles. The highest BCUT2D eigenvalue weighted by atomic mass is 16.3. The summed E-state index contributed by atoms with van der Waals surface area (Å²) in [7, 11) is 1.93. The van der Waals surface area contributed by atoms with E-state index in [1.54, 1.807) is 10.9 Å². The first-order valence-electron chi connectivity index (χ1n) is 6.56. The minimum atomic E-state index is -0.443. The molecule has 0 spiro atoms. The first-order chi connectivity index (χ1) is 9.19. The van der Waals surface area contributed by atoms with Gasteiger partial charge in [0, 0.05) is 44.3 Å². The SMILES string of the molecule is CCc1nn(C)cc1CNCC(O)Cn1cccn1. The molecule has 2 N–H and O–H groups in total. The molecule has 0 aliphatic heterocycles. The minimum Gasteiger partial charge on any atom is -0.390 e. The second kappa shape index (κ2) is 6.49. The van der Waals surface area contributed by atoms with Crippen LogP contribution >= 0.6 is 0 Å². The van der Waals surface area contributed by atoms with Crippen LogP contribution in [0.3, 0.4) is 0 Å². The zero-order valence-electron chi connectivity index (χ0n) is 11.5. The van der Waals surface area contributed by atoms with E-state index in [0.29, 0.717) is 13.1 Å². The molecule has 0 saturated heterocycles. The first kappa shape index (κ1) is 13.8. The third-order valence-corrected chi connectivity index (χ3v) is 2.98. The summed E-state index contributed by atoms with van der Waals surface area (Å²) < 4.78 is 3.56. The molecule has 1 unspecified atom stereocenters. The van der Waals surface area contributed by atoms with Crippen molar-refractivity contribution in [2.24, 2.45) is 7.05 Å². The van der Waals surface area contributed by atoms with Crippen molar-refractivity contribution < 1.29 is 5.11 Å². The molecule has 0 fully saturated rings. The number of aliphatic hydroxyl groups is 1. The van der Waals surface area contributed by atoms with Gasteiger partial charge in [0.05, 0.1) is 18.3 Å². The number of aromatic nitrogens is 4. The number of aliphatic hydroxyl groups excluding tert-OH is 1. The maximum Gasteiger partial charge on any atom is 0.0860 e. The Bertz CT molecular complexity index is 491. The quantitative estimate of drug-likeness (QED) is 0.755. The number of nitrogens with one attached hydrogen (secondary N) is 1. The van der Waals surface area contributed by atoms with E-state index in [2.05, 4.69) is 22.4 Å². The fourth-order valence-electron chi connectivity index (χ4n) is 2.09. The highest BCUT2D eigenvalue weighted by Crippen LogP contribution is 2.06. The molecule has 104 valence electrons. The van der Waals surface area contributed by atoms with Crippen LogP contribution in [0.1, 0.15) is 18.2 Å². The van der Waals surface area contributed by atoms with E-state index in [1.165, 1.54) is 5.56 Å². The lowest BCUT2D eigenvalue weighted by atomic mass is 10.2. The average molecular weight is 263 g/mol. The van der Waals surface area contributed by atoms with Crippen molar-refractivity contribution in [2.45, 2.75) is 32.5 Å². The summed E-state index contributed by atoms with van der Waals surface area (Å²) in [6, 6.07) is 1.85. The van der Waals surface area contributed by atoms with E-state index < -0.39 is 6.10 Å². The molecule has 0 saturated carbocycles. The number of aryl methyl sites for hydroxylation is 2. The smallest absolute Gasteiger partial charge is 0.0860 e. The third kappa shape index (κ3) is 3.90. The Labute approximate surface area is 113 Å². The van der Waals surface area contributed by atoms with Crippen LogP contribution in [0.15, 0.2) is 24.7 Å². The van der Waals surface area contributed by atoms with Gasteiger partial charge >= 0.3 is 0 Å². The zero-order valence-corrected chi connectivity index (χ0v) is 11.5. The summed E-state index contributed by atoms with van der Waals surface area (Å²) in [5.41, 5.74) is 2.30. The number of hydrogen-bond donors (Lipinski definition) is 2. The van der Waals surface area contributed by atoms with Crippen LogP contribution in [-0.2, 0) is 26.6 Å². The Balaban J connectivity index is 1.76. The molecule has 2 rings (SSSR count). The highest BCUT2D eigenvalue weighted by molar-refractivity contribution is 5.16. The summed E-state index contributed by atoms with van der Waals surface area (Å²) in [6.45, 7) is 3.87. The zero-order chi connectivity index (χ0) is 13.7. The van der Waals surface area contributed by atoms with Crippen molar-refractivity contribution in [3.8, 4) is 0 Å². The average Bonchev–Trinajstić information content (AvgIpc) is 2.99. The van der Waals surface area contributed by atoms with Crippen molar-refractivity contribution in [2.75, 3.05) is 6.54 Å². The summed E-state index contributed by atoms with van der Waals surface area (Å²) in [5.74, 6) is 0. The topological polar surface area (TPSA) is 67.9 Å². The van der Waals surface area contributed by atoms with Crippen molar-refractivity contribution in [3.63, 3.8) is 0 Å². The molecule has 0 aromatic carbocycles. The van der Waals surface area contributed by atoms with Crippen molar-refractivity contribution >= 4 is 0 Å². The van der Waals surface area contributed by atoms with E-state index in [9.17, 15) is 5.11 Å². The van der Waals surface area contributed by atoms with Crippen LogP contribution in [0.25, 0.3) is 0 Å². The fraction of sp³-hybridized carbons (Fsp3) is 0.538. The summed E-state index contributed by atoms with van der Waals surface area (Å²) in [6.07, 6.45) is 6.06. The number of nitrogens with zero attached hydrogens (tertiary/aromatic N) is 4. The molecule has 1 atom stereocenters. The van der Waals surface area contributed by atoms with Gasteiger partial charge in [-0.25, -0.2) is 0 Å². The molecule has 6 heteroatoms. The van der Waals surface area contributed by atoms with Crippen LogP contribution in [-0.4, -0.2) is 37.3 Å². The monoisotopic (exact) mass is 263 g/mol. The maximum absolute atomic E-state index is 9.89. The molecular weight excluding hydrogens is 242 g/mol. The summed E-state index contributed by atoms with van der Waals surface area (Å²) in [5, 5.41) is 21.6. The van der Waals surface area contributed by atoms with E-state index in [-0.39, 0.29) is 0 Å².